The second-order valence-electron chi connectivity index (χ2n) is 4.90. The predicted octanol–water partition coefficient (Wildman–Crippen LogP) is 1.73. The van der Waals surface area contributed by atoms with Gasteiger partial charge in [0.15, 0.2) is 0 Å². The summed E-state index contributed by atoms with van der Waals surface area (Å²) in [4.78, 5) is 0.0879. The van der Waals surface area contributed by atoms with Crippen LogP contribution in [-0.4, -0.2) is 21.0 Å². The molecule has 20 heavy (non-hydrogen) atoms. The molecule has 1 aliphatic rings. The summed E-state index contributed by atoms with van der Waals surface area (Å²) in [7, 11) is -3.59. The average molecular weight is 313 g/mol. The van der Waals surface area contributed by atoms with Crippen LogP contribution in [0.3, 0.4) is 0 Å². The summed E-state index contributed by atoms with van der Waals surface area (Å²) in [6, 6.07) is 4.59. The molecule has 1 aromatic carbocycles. The summed E-state index contributed by atoms with van der Waals surface area (Å²) in [6.45, 7) is 2.13. The van der Waals surface area contributed by atoms with E-state index < -0.39 is 10.0 Å². The van der Waals surface area contributed by atoms with E-state index in [1.807, 2.05) is 6.92 Å². The molecule has 1 saturated carbocycles. The summed E-state index contributed by atoms with van der Waals surface area (Å²) in [5.41, 5.74) is 5.94. The topological polar surface area (TPSA) is 72.2 Å². The van der Waals surface area contributed by atoms with Crippen molar-refractivity contribution in [2.45, 2.75) is 30.7 Å². The van der Waals surface area contributed by atoms with E-state index in [0.29, 0.717) is 11.5 Å². The third-order valence-electron chi connectivity index (χ3n) is 3.23. The van der Waals surface area contributed by atoms with Gasteiger partial charge in [-0.2, -0.15) is 0 Å². The molecule has 0 spiro atoms. The average Bonchev–Trinajstić information content (AvgIpc) is 3.19. The van der Waals surface area contributed by atoms with Gasteiger partial charge < -0.3 is 5.73 Å². The molecule has 2 rings (SSSR count). The fourth-order valence-corrected chi connectivity index (χ4v) is 3.81. The molecule has 6 heteroatoms. The van der Waals surface area contributed by atoms with Crippen molar-refractivity contribution in [3.05, 3.63) is 28.8 Å². The number of hydrogen-bond donors (Lipinski definition) is 2. The van der Waals surface area contributed by atoms with E-state index in [4.69, 9.17) is 17.3 Å². The van der Waals surface area contributed by atoms with Gasteiger partial charge in [-0.15, -0.1) is 0 Å². The van der Waals surface area contributed by atoms with Crippen LogP contribution in [-0.2, 0) is 10.0 Å². The van der Waals surface area contributed by atoms with Gasteiger partial charge >= 0.3 is 0 Å². The van der Waals surface area contributed by atoms with Gasteiger partial charge in [0.2, 0.25) is 10.0 Å². The zero-order valence-corrected chi connectivity index (χ0v) is 12.8. The van der Waals surface area contributed by atoms with Gasteiger partial charge in [0.25, 0.3) is 0 Å². The fourth-order valence-electron chi connectivity index (χ4n) is 1.95. The van der Waals surface area contributed by atoms with E-state index in [1.54, 1.807) is 12.1 Å². The Bertz CT molecular complexity index is 657. The minimum absolute atomic E-state index is 0.0622. The first-order valence-corrected chi connectivity index (χ1v) is 8.31. The van der Waals surface area contributed by atoms with Crippen molar-refractivity contribution in [1.82, 2.24) is 4.72 Å². The molecule has 1 fully saturated rings. The second kappa shape index (κ2) is 6.15. The van der Waals surface area contributed by atoms with Crippen LogP contribution < -0.4 is 10.5 Å². The van der Waals surface area contributed by atoms with Crippen LogP contribution in [0, 0.1) is 17.8 Å². The normalized spacial score (nSPS) is 16.4. The van der Waals surface area contributed by atoms with Crippen LogP contribution in [0.25, 0.3) is 0 Å². The van der Waals surface area contributed by atoms with E-state index in [9.17, 15) is 8.42 Å². The molecular formula is C14H17ClN2O2S. The van der Waals surface area contributed by atoms with Crippen molar-refractivity contribution in [1.29, 1.82) is 0 Å². The maximum Gasteiger partial charge on any atom is 0.242 e. The van der Waals surface area contributed by atoms with Crippen molar-refractivity contribution in [3.8, 4) is 11.8 Å². The first-order valence-electron chi connectivity index (χ1n) is 6.45. The fraction of sp³-hybridized carbons (Fsp3) is 0.429. The number of nitrogens with two attached hydrogens (primary N) is 1. The summed E-state index contributed by atoms with van der Waals surface area (Å²) < 4.78 is 27.2. The number of rotatable bonds is 4. The highest BCUT2D eigenvalue weighted by molar-refractivity contribution is 7.89. The molecule has 3 N–H and O–H groups in total. The molecule has 0 amide bonds. The Balaban J connectivity index is 2.22. The van der Waals surface area contributed by atoms with Crippen LogP contribution in [0.4, 0.5) is 0 Å². The second-order valence-corrected chi connectivity index (χ2v) is 6.99. The lowest BCUT2D eigenvalue weighted by Gasteiger charge is -2.14. The molecule has 1 aromatic rings. The van der Waals surface area contributed by atoms with Gasteiger partial charge in [0.05, 0.1) is 11.6 Å². The van der Waals surface area contributed by atoms with E-state index >= 15 is 0 Å². The van der Waals surface area contributed by atoms with Crippen LogP contribution >= 0.6 is 11.6 Å². The monoisotopic (exact) mass is 312 g/mol. The lowest BCUT2D eigenvalue weighted by Crippen LogP contribution is -2.34. The molecular weight excluding hydrogens is 296 g/mol. The Hall–Kier alpha value is -1.06. The molecule has 0 saturated heterocycles. The highest BCUT2D eigenvalue weighted by atomic mass is 35.5. The smallest absolute Gasteiger partial charge is 0.242 e. The summed E-state index contributed by atoms with van der Waals surface area (Å²) in [5, 5.41) is 0.171. The molecule has 0 radical (unpaired) electrons. The SMILES string of the molecule is CC(NS(=O)(=O)c1ccc(C#CCN)cc1Cl)C1CC1. The maximum atomic E-state index is 12.3. The minimum atomic E-state index is -3.59. The van der Waals surface area contributed by atoms with E-state index in [2.05, 4.69) is 16.6 Å². The van der Waals surface area contributed by atoms with Crippen molar-refractivity contribution in [3.63, 3.8) is 0 Å². The molecule has 1 aliphatic carbocycles. The lowest BCUT2D eigenvalue weighted by atomic mass is 10.2. The molecule has 1 unspecified atom stereocenters. The van der Waals surface area contributed by atoms with Crippen LogP contribution in [0.5, 0.6) is 0 Å². The van der Waals surface area contributed by atoms with Gasteiger partial charge in [-0.1, -0.05) is 23.4 Å². The van der Waals surface area contributed by atoms with Gasteiger partial charge in [-0.25, -0.2) is 13.1 Å². The number of halogens is 1. The Morgan fingerprint density at radius 2 is 2.20 bits per heavy atom. The number of hydrogen-bond acceptors (Lipinski definition) is 3. The summed E-state index contributed by atoms with van der Waals surface area (Å²) >= 11 is 6.05. The quantitative estimate of drug-likeness (QED) is 0.832. The maximum absolute atomic E-state index is 12.3. The van der Waals surface area contributed by atoms with Crippen molar-refractivity contribution in [2.75, 3.05) is 6.54 Å². The van der Waals surface area contributed by atoms with Gasteiger partial charge in [0.1, 0.15) is 4.90 Å². The van der Waals surface area contributed by atoms with E-state index in [-0.39, 0.29) is 22.5 Å². The first kappa shape index (κ1) is 15.3. The highest BCUT2D eigenvalue weighted by Gasteiger charge is 2.31. The van der Waals surface area contributed by atoms with Crippen LogP contribution in [0.2, 0.25) is 5.02 Å². The van der Waals surface area contributed by atoms with Gasteiger partial charge in [-0.05, 0) is 43.9 Å². The summed E-state index contributed by atoms with van der Waals surface area (Å²) in [5.74, 6) is 5.96. The number of nitrogens with one attached hydrogen (secondary N) is 1. The zero-order chi connectivity index (χ0) is 14.8. The molecule has 0 bridgehead atoms. The van der Waals surface area contributed by atoms with Crippen molar-refractivity contribution >= 4 is 21.6 Å². The summed E-state index contributed by atoms with van der Waals surface area (Å²) in [6.07, 6.45) is 2.15. The third kappa shape index (κ3) is 3.74. The van der Waals surface area contributed by atoms with Gasteiger partial charge in [0, 0.05) is 11.6 Å². The van der Waals surface area contributed by atoms with Crippen LogP contribution in [0.1, 0.15) is 25.3 Å². The standard InChI is InChI=1S/C14H17ClN2O2S/c1-10(12-5-6-12)17-20(18,19)14-7-4-11(3-2-8-16)9-13(14)15/h4,7,9-10,12,17H,5-6,8,16H2,1H3. The predicted molar refractivity (Wildman–Crippen MR) is 79.9 cm³/mol. The molecule has 1 atom stereocenters. The van der Waals surface area contributed by atoms with E-state index in [1.165, 1.54) is 6.07 Å². The Morgan fingerprint density at radius 3 is 2.75 bits per heavy atom. The Labute approximate surface area is 124 Å². The Morgan fingerprint density at radius 1 is 1.50 bits per heavy atom. The minimum Gasteiger partial charge on any atom is -0.320 e. The number of sulfonamides is 1. The van der Waals surface area contributed by atoms with Crippen molar-refractivity contribution in [2.24, 2.45) is 11.7 Å². The van der Waals surface area contributed by atoms with E-state index in [0.717, 1.165) is 12.8 Å². The molecule has 108 valence electrons. The van der Waals surface area contributed by atoms with Crippen LogP contribution in [0.15, 0.2) is 23.1 Å². The zero-order valence-electron chi connectivity index (χ0n) is 11.2. The molecule has 0 aromatic heterocycles. The first-order chi connectivity index (χ1) is 9.44. The number of benzene rings is 1. The van der Waals surface area contributed by atoms with Gasteiger partial charge in [-0.3, -0.25) is 0 Å². The lowest BCUT2D eigenvalue weighted by molar-refractivity contribution is 0.538. The molecule has 4 nitrogen and oxygen atoms in total. The van der Waals surface area contributed by atoms with Crippen molar-refractivity contribution < 1.29 is 8.42 Å². The largest absolute Gasteiger partial charge is 0.320 e. The molecule has 0 heterocycles. The third-order valence-corrected chi connectivity index (χ3v) is 5.27. The Kier molecular flexibility index (Phi) is 4.71. The highest BCUT2D eigenvalue weighted by Crippen LogP contribution is 2.33. The molecule has 0 aliphatic heterocycles.